The van der Waals surface area contributed by atoms with Gasteiger partial charge in [0.25, 0.3) is 0 Å². The number of nitrogens with zero attached hydrogens (tertiary/aromatic N) is 6. The number of rotatable bonds is 8. The van der Waals surface area contributed by atoms with E-state index < -0.39 is 11.4 Å². The first-order valence-corrected chi connectivity index (χ1v) is 11.1. The fourth-order valence-electron chi connectivity index (χ4n) is 2.73. The quantitative estimate of drug-likeness (QED) is 0.410. The lowest BCUT2D eigenvalue weighted by atomic mass is 10.1. The van der Waals surface area contributed by atoms with Crippen molar-refractivity contribution in [2.45, 2.75) is 32.9 Å². The molecule has 0 spiro atoms. The lowest BCUT2D eigenvalue weighted by molar-refractivity contribution is 0.101. The molecule has 2 N–H and O–H groups in total. The molecule has 4 aromatic heterocycles. The molecule has 0 aliphatic rings. The van der Waals surface area contributed by atoms with Crippen molar-refractivity contribution < 1.29 is 14.2 Å². The topological polar surface area (TPSA) is 111 Å². The van der Waals surface area contributed by atoms with Gasteiger partial charge in [-0.1, -0.05) is 11.3 Å². The van der Waals surface area contributed by atoms with Gasteiger partial charge in [0, 0.05) is 29.4 Å². The molecule has 1 unspecified atom stereocenters. The Morgan fingerprint density at radius 1 is 1.32 bits per heavy atom. The molecular weight excluding hydrogens is 441 g/mol. The number of ether oxygens (including phenoxy) is 1. The number of hydrogen-bond acceptors (Lipinski definition) is 10. The van der Waals surface area contributed by atoms with Gasteiger partial charge in [0.15, 0.2) is 16.4 Å². The Kier molecular flexibility index (Phi) is 5.94. The lowest BCUT2D eigenvalue weighted by Crippen LogP contribution is -2.22. The zero-order valence-electron chi connectivity index (χ0n) is 17.0. The van der Waals surface area contributed by atoms with E-state index in [1.165, 1.54) is 34.9 Å². The summed E-state index contributed by atoms with van der Waals surface area (Å²) >= 11 is 2.58. The SMILES string of the molecule is CCOc1cnc(Cn2ccc(Nc3nnc(C(C)(O)c4nc(C)cs4)s3)n2)c(F)c1. The highest BCUT2D eigenvalue weighted by molar-refractivity contribution is 7.15. The van der Waals surface area contributed by atoms with E-state index in [1.807, 2.05) is 19.2 Å². The van der Waals surface area contributed by atoms with E-state index in [0.29, 0.717) is 33.3 Å². The first-order chi connectivity index (χ1) is 14.8. The Morgan fingerprint density at radius 2 is 2.16 bits per heavy atom. The summed E-state index contributed by atoms with van der Waals surface area (Å²) in [6, 6.07) is 3.04. The monoisotopic (exact) mass is 461 g/mol. The maximum atomic E-state index is 14.2. The number of aromatic nitrogens is 6. The van der Waals surface area contributed by atoms with Crippen LogP contribution in [0, 0.1) is 12.7 Å². The highest BCUT2D eigenvalue weighted by Crippen LogP contribution is 2.35. The molecule has 0 bridgehead atoms. The highest BCUT2D eigenvalue weighted by Gasteiger charge is 2.33. The molecule has 0 fully saturated rings. The average Bonchev–Trinajstić information content (AvgIpc) is 3.46. The molecule has 4 heterocycles. The van der Waals surface area contributed by atoms with Crippen LogP contribution in [0.2, 0.25) is 0 Å². The van der Waals surface area contributed by atoms with Crippen LogP contribution in [0.25, 0.3) is 0 Å². The van der Waals surface area contributed by atoms with Crippen molar-refractivity contribution in [1.29, 1.82) is 0 Å². The summed E-state index contributed by atoms with van der Waals surface area (Å²) in [5.41, 5.74) is -0.231. The second-order valence-corrected chi connectivity index (χ2v) is 8.67. The van der Waals surface area contributed by atoms with E-state index in [0.717, 1.165) is 5.69 Å². The average molecular weight is 462 g/mol. The van der Waals surface area contributed by atoms with Gasteiger partial charge in [0.2, 0.25) is 5.13 Å². The molecule has 4 rings (SSSR count). The van der Waals surface area contributed by atoms with Crippen molar-refractivity contribution in [2.75, 3.05) is 11.9 Å². The van der Waals surface area contributed by atoms with Gasteiger partial charge in [-0.3, -0.25) is 9.67 Å². The van der Waals surface area contributed by atoms with Crippen molar-refractivity contribution in [3.05, 3.63) is 57.1 Å². The first-order valence-electron chi connectivity index (χ1n) is 9.42. The predicted molar refractivity (Wildman–Crippen MR) is 115 cm³/mol. The Morgan fingerprint density at radius 3 is 2.87 bits per heavy atom. The van der Waals surface area contributed by atoms with Gasteiger partial charge in [-0.2, -0.15) is 5.10 Å². The third-order valence-corrected chi connectivity index (χ3v) is 6.49. The van der Waals surface area contributed by atoms with Crippen LogP contribution in [0.3, 0.4) is 0 Å². The van der Waals surface area contributed by atoms with Gasteiger partial charge in [-0.15, -0.1) is 21.5 Å². The summed E-state index contributed by atoms with van der Waals surface area (Å²) in [6.07, 6.45) is 3.19. The molecule has 0 aliphatic heterocycles. The van der Waals surface area contributed by atoms with Crippen LogP contribution in [-0.4, -0.2) is 41.7 Å². The second-order valence-electron chi connectivity index (χ2n) is 6.83. The smallest absolute Gasteiger partial charge is 0.211 e. The van der Waals surface area contributed by atoms with Crippen LogP contribution in [0.1, 0.15) is 35.3 Å². The molecule has 31 heavy (non-hydrogen) atoms. The molecule has 0 saturated carbocycles. The van der Waals surface area contributed by atoms with Crippen LogP contribution in [-0.2, 0) is 12.1 Å². The van der Waals surface area contributed by atoms with Crippen molar-refractivity contribution in [3.63, 3.8) is 0 Å². The van der Waals surface area contributed by atoms with E-state index in [2.05, 4.69) is 30.6 Å². The van der Waals surface area contributed by atoms with Crippen molar-refractivity contribution in [2.24, 2.45) is 0 Å². The van der Waals surface area contributed by atoms with Gasteiger partial charge in [0.05, 0.1) is 25.0 Å². The van der Waals surface area contributed by atoms with Crippen LogP contribution in [0.4, 0.5) is 15.3 Å². The summed E-state index contributed by atoms with van der Waals surface area (Å²) in [4.78, 5) is 8.46. The van der Waals surface area contributed by atoms with E-state index in [9.17, 15) is 9.50 Å². The largest absolute Gasteiger partial charge is 0.492 e. The maximum absolute atomic E-state index is 14.2. The Bertz CT molecular complexity index is 1190. The maximum Gasteiger partial charge on any atom is 0.211 e. The van der Waals surface area contributed by atoms with Crippen molar-refractivity contribution in [3.8, 4) is 5.75 Å². The molecular formula is C19H20FN7O2S2. The second kappa shape index (κ2) is 8.65. The molecule has 0 saturated heterocycles. The van der Waals surface area contributed by atoms with E-state index >= 15 is 0 Å². The van der Waals surface area contributed by atoms with Gasteiger partial charge >= 0.3 is 0 Å². The van der Waals surface area contributed by atoms with Gasteiger partial charge in [-0.05, 0) is 20.8 Å². The first kappa shape index (κ1) is 21.3. The molecule has 0 aromatic carbocycles. The van der Waals surface area contributed by atoms with Crippen LogP contribution in [0.15, 0.2) is 29.9 Å². The molecule has 162 valence electrons. The van der Waals surface area contributed by atoms with Crippen LogP contribution in [0.5, 0.6) is 5.75 Å². The third kappa shape index (κ3) is 4.70. The van der Waals surface area contributed by atoms with Crippen LogP contribution < -0.4 is 10.1 Å². The zero-order valence-corrected chi connectivity index (χ0v) is 18.7. The number of halogens is 1. The number of aryl methyl sites for hydroxylation is 1. The Labute approximate surface area is 185 Å². The fourth-order valence-corrected chi connectivity index (χ4v) is 4.45. The predicted octanol–water partition coefficient (Wildman–Crippen LogP) is 3.48. The minimum absolute atomic E-state index is 0.166. The lowest BCUT2D eigenvalue weighted by Gasteiger charge is -2.16. The van der Waals surface area contributed by atoms with Gasteiger partial charge in [-0.25, -0.2) is 9.37 Å². The molecule has 4 aromatic rings. The molecule has 0 radical (unpaired) electrons. The number of anilines is 2. The molecule has 12 heteroatoms. The summed E-state index contributed by atoms with van der Waals surface area (Å²) in [6.45, 7) is 5.95. The van der Waals surface area contributed by atoms with E-state index in [4.69, 9.17) is 4.74 Å². The molecule has 0 amide bonds. The number of pyridine rings is 1. The highest BCUT2D eigenvalue weighted by atomic mass is 32.1. The number of nitrogens with one attached hydrogen (secondary N) is 1. The standard InChI is InChI=1S/C19H20FN7O2S2/c1-4-29-12-7-13(20)14(21-8-12)9-27-6-5-15(26-27)23-18-25-24-17(31-18)19(3,28)16-22-11(2)10-30-16/h5-8,10,28H,4,9H2,1-3H3,(H,23,25,26). The summed E-state index contributed by atoms with van der Waals surface area (Å²) in [7, 11) is 0. The minimum Gasteiger partial charge on any atom is -0.492 e. The van der Waals surface area contributed by atoms with Crippen molar-refractivity contribution >= 4 is 33.6 Å². The van der Waals surface area contributed by atoms with Gasteiger partial charge < -0.3 is 15.2 Å². The Hall–Kier alpha value is -2.96. The number of hydrogen-bond donors (Lipinski definition) is 2. The molecule has 0 aliphatic carbocycles. The van der Waals surface area contributed by atoms with E-state index in [-0.39, 0.29) is 12.2 Å². The number of thiazole rings is 1. The normalized spacial score (nSPS) is 13.2. The third-order valence-electron chi connectivity index (χ3n) is 4.27. The Balaban J connectivity index is 1.44. The minimum atomic E-state index is -1.33. The summed E-state index contributed by atoms with van der Waals surface area (Å²) < 4.78 is 21.0. The van der Waals surface area contributed by atoms with Crippen LogP contribution >= 0.6 is 22.7 Å². The van der Waals surface area contributed by atoms with E-state index in [1.54, 1.807) is 23.9 Å². The number of aliphatic hydroxyl groups is 1. The summed E-state index contributed by atoms with van der Waals surface area (Å²) in [5, 5.41) is 29.8. The van der Waals surface area contributed by atoms with Crippen molar-refractivity contribution in [1.82, 2.24) is 29.9 Å². The molecule has 9 nitrogen and oxygen atoms in total. The molecule has 1 atom stereocenters. The fraction of sp³-hybridized carbons (Fsp3) is 0.316. The van der Waals surface area contributed by atoms with Gasteiger partial charge in [0.1, 0.15) is 16.6 Å². The summed E-state index contributed by atoms with van der Waals surface area (Å²) in [5.74, 6) is 0.450. The zero-order chi connectivity index (χ0) is 22.0.